The van der Waals surface area contributed by atoms with E-state index in [1.54, 1.807) is 0 Å². The number of benzene rings is 1. The number of thiophene rings is 1. The van der Waals surface area contributed by atoms with Gasteiger partial charge in [0.15, 0.2) is 0 Å². The summed E-state index contributed by atoms with van der Waals surface area (Å²) in [6, 6.07) is 8.84. The summed E-state index contributed by atoms with van der Waals surface area (Å²) in [5.74, 6) is 0. The summed E-state index contributed by atoms with van der Waals surface area (Å²) >= 11 is 1.94. The molecule has 1 aromatic heterocycles. The van der Waals surface area contributed by atoms with Gasteiger partial charge in [0.05, 0.1) is 0 Å². The van der Waals surface area contributed by atoms with Gasteiger partial charge in [0, 0.05) is 28.2 Å². The minimum absolute atomic E-state index is 0.347. The third kappa shape index (κ3) is 2.50. The molecule has 0 saturated carbocycles. The van der Waals surface area contributed by atoms with Crippen LogP contribution in [0.2, 0.25) is 0 Å². The van der Waals surface area contributed by atoms with Gasteiger partial charge in [-0.2, -0.15) is 0 Å². The minimum Gasteiger partial charge on any atom is -0.315 e. The Morgan fingerprint density at radius 2 is 2.10 bits per heavy atom. The van der Waals surface area contributed by atoms with Crippen LogP contribution >= 0.6 is 11.3 Å². The second kappa shape index (κ2) is 5.47. The molecule has 1 fully saturated rings. The summed E-state index contributed by atoms with van der Waals surface area (Å²) in [5.41, 5.74) is 1.88. The number of hydrogen-bond donors (Lipinski definition) is 1. The van der Waals surface area contributed by atoms with E-state index in [1.807, 2.05) is 18.4 Å². The Balaban J connectivity index is 1.98. The summed E-state index contributed by atoms with van der Waals surface area (Å²) in [4.78, 5) is 4.15. The molecule has 2 nitrogen and oxygen atoms in total. The van der Waals surface area contributed by atoms with Gasteiger partial charge in [-0.15, -0.1) is 11.3 Å². The predicted molar refractivity (Wildman–Crippen MR) is 88.3 cm³/mol. The molecule has 0 amide bonds. The molecule has 3 heteroatoms. The fourth-order valence-corrected chi connectivity index (χ4v) is 4.50. The van der Waals surface area contributed by atoms with Gasteiger partial charge in [-0.3, -0.25) is 4.90 Å². The number of nitrogens with zero attached hydrogens (tertiary/aromatic N) is 1. The third-order valence-corrected chi connectivity index (χ3v) is 5.75. The van der Waals surface area contributed by atoms with E-state index in [2.05, 4.69) is 48.3 Å². The van der Waals surface area contributed by atoms with Crippen LogP contribution in [-0.2, 0) is 13.1 Å². The second-order valence-corrected chi connectivity index (χ2v) is 7.50. The zero-order valence-corrected chi connectivity index (χ0v) is 13.5. The van der Waals surface area contributed by atoms with E-state index in [-0.39, 0.29) is 0 Å². The molecule has 0 spiro atoms. The molecule has 1 saturated heterocycles. The molecular formula is C17H24N2S. The van der Waals surface area contributed by atoms with Crippen molar-refractivity contribution >= 4 is 21.4 Å². The maximum absolute atomic E-state index is 3.32. The molecule has 0 atom stereocenters. The molecule has 1 N–H and O–H groups in total. The number of hydrogen-bond acceptors (Lipinski definition) is 3. The Bertz CT molecular complexity index is 600. The zero-order valence-electron chi connectivity index (χ0n) is 12.7. The molecule has 0 radical (unpaired) electrons. The van der Waals surface area contributed by atoms with Crippen LogP contribution in [-0.4, -0.2) is 24.0 Å². The first-order chi connectivity index (χ1) is 9.62. The van der Waals surface area contributed by atoms with Gasteiger partial charge >= 0.3 is 0 Å². The third-order valence-electron chi connectivity index (χ3n) is 4.54. The molecule has 108 valence electrons. The average Bonchev–Trinajstić information content (AvgIpc) is 2.92. The van der Waals surface area contributed by atoms with Crippen molar-refractivity contribution in [2.45, 2.75) is 45.3 Å². The summed E-state index contributed by atoms with van der Waals surface area (Å²) in [5, 5.41) is 4.77. The number of likely N-dealkylation sites (tertiary alicyclic amines) is 1. The molecular weight excluding hydrogens is 264 g/mol. The van der Waals surface area contributed by atoms with Gasteiger partial charge < -0.3 is 5.32 Å². The fourth-order valence-electron chi connectivity index (χ4n) is 3.27. The predicted octanol–water partition coefficient (Wildman–Crippen LogP) is 4.00. The van der Waals surface area contributed by atoms with Crippen molar-refractivity contribution in [2.75, 3.05) is 13.6 Å². The number of rotatable bonds is 4. The first-order valence-corrected chi connectivity index (χ1v) is 8.32. The van der Waals surface area contributed by atoms with E-state index < -0.39 is 0 Å². The topological polar surface area (TPSA) is 15.3 Å². The summed E-state index contributed by atoms with van der Waals surface area (Å²) in [6.45, 7) is 8.06. The lowest BCUT2D eigenvalue weighted by Gasteiger charge is -2.31. The highest BCUT2D eigenvalue weighted by atomic mass is 32.1. The van der Waals surface area contributed by atoms with Crippen molar-refractivity contribution in [2.24, 2.45) is 0 Å². The van der Waals surface area contributed by atoms with E-state index in [0.717, 1.165) is 13.1 Å². The highest BCUT2D eigenvalue weighted by Crippen LogP contribution is 2.36. The van der Waals surface area contributed by atoms with E-state index in [4.69, 9.17) is 0 Å². The van der Waals surface area contributed by atoms with Gasteiger partial charge in [0.1, 0.15) is 0 Å². The highest BCUT2D eigenvalue weighted by Gasteiger charge is 2.32. The SMILES string of the molecule is CNCc1sc2ccccc2c1CN1CCCC1(C)C. The normalized spacial score (nSPS) is 18.9. The second-order valence-electron chi connectivity index (χ2n) is 6.37. The van der Waals surface area contributed by atoms with Crippen LogP contribution in [0.25, 0.3) is 10.1 Å². The molecule has 2 heterocycles. The van der Waals surface area contributed by atoms with Crippen molar-refractivity contribution in [3.63, 3.8) is 0 Å². The lowest BCUT2D eigenvalue weighted by Crippen LogP contribution is -2.37. The zero-order chi connectivity index (χ0) is 14.2. The standard InChI is InChI=1S/C17H24N2S/c1-17(2)9-6-10-19(17)12-14-13-7-4-5-8-15(13)20-16(14)11-18-3/h4-5,7-8,18H,6,9-12H2,1-3H3. The minimum atomic E-state index is 0.347. The molecule has 3 rings (SSSR count). The average molecular weight is 288 g/mol. The van der Waals surface area contributed by atoms with Crippen LogP contribution in [0.1, 0.15) is 37.1 Å². The first-order valence-electron chi connectivity index (χ1n) is 7.51. The van der Waals surface area contributed by atoms with Crippen molar-refractivity contribution in [1.82, 2.24) is 10.2 Å². The van der Waals surface area contributed by atoms with Crippen molar-refractivity contribution in [3.05, 3.63) is 34.7 Å². The van der Waals surface area contributed by atoms with Gasteiger partial charge in [-0.25, -0.2) is 0 Å². The monoisotopic (exact) mass is 288 g/mol. The molecule has 1 aromatic carbocycles. The quantitative estimate of drug-likeness (QED) is 0.915. The van der Waals surface area contributed by atoms with Gasteiger partial charge in [-0.1, -0.05) is 18.2 Å². The molecule has 1 aliphatic rings. The van der Waals surface area contributed by atoms with E-state index in [1.165, 1.54) is 39.9 Å². The Hall–Kier alpha value is -0.900. The first kappa shape index (κ1) is 14.1. The van der Waals surface area contributed by atoms with Gasteiger partial charge in [-0.05, 0) is 57.3 Å². The maximum Gasteiger partial charge on any atom is 0.0349 e. The fraction of sp³-hybridized carbons (Fsp3) is 0.529. The Labute approximate surface area is 125 Å². The van der Waals surface area contributed by atoms with Gasteiger partial charge in [0.25, 0.3) is 0 Å². The molecule has 20 heavy (non-hydrogen) atoms. The summed E-state index contributed by atoms with van der Waals surface area (Å²) < 4.78 is 1.42. The van der Waals surface area contributed by atoms with Crippen LogP contribution < -0.4 is 5.32 Å². The highest BCUT2D eigenvalue weighted by molar-refractivity contribution is 7.19. The molecule has 2 aromatic rings. The van der Waals surface area contributed by atoms with Crippen LogP contribution in [0.15, 0.2) is 24.3 Å². The van der Waals surface area contributed by atoms with Crippen molar-refractivity contribution in [3.8, 4) is 0 Å². The van der Waals surface area contributed by atoms with Crippen LogP contribution in [0, 0.1) is 0 Å². The lowest BCUT2D eigenvalue weighted by molar-refractivity contribution is 0.167. The Kier molecular flexibility index (Phi) is 3.85. The number of fused-ring (bicyclic) bond motifs is 1. The van der Waals surface area contributed by atoms with Crippen LogP contribution in [0.3, 0.4) is 0 Å². The molecule has 0 unspecified atom stereocenters. The molecule has 1 aliphatic heterocycles. The maximum atomic E-state index is 3.32. The smallest absolute Gasteiger partial charge is 0.0349 e. The van der Waals surface area contributed by atoms with Crippen molar-refractivity contribution in [1.29, 1.82) is 0 Å². The van der Waals surface area contributed by atoms with E-state index >= 15 is 0 Å². The summed E-state index contributed by atoms with van der Waals surface area (Å²) in [7, 11) is 2.04. The lowest BCUT2D eigenvalue weighted by atomic mass is 10.0. The number of nitrogens with one attached hydrogen (secondary N) is 1. The van der Waals surface area contributed by atoms with E-state index in [0.29, 0.717) is 5.54 Å². The Morgan fingerprint density at radius 3 is 2.80 bits per heavy atom. The van der Waals surface area contributed by atoms with Crippen molar-refractivity contribution < 1.29 is 0 Å². The molecule has 0 aliphatic carbocycles. The van der Waals surface area contributed by atoms with Gasteiger partial charge in [0.2, 0.25) is 0 Å². The van der Waals surface area contributed by atoms with Crippen LogP contribution in [0.4, 0.5) is 0 Å². The molecule has 0 bridgehead atoms. The Morgan fingerprint density at radius 1 is 1.30 bits per heavy atom. The van der Waals surface area contributed by atoms with E-state index in [9.17, 15) is 0 Å². The largest absolute Gasteiger partial charge is 0.315 e. The van der Waals surface area contributed by atoms with Crippen LogP contribution in [0.5, 0.6) is 0 Å². The summed E-state index contributed by atoms with van der Waals surface area (Å²) in [6.07, 6.45) is 2.65.